The Kier molecular flexibility index (Phi) is 2.20. The van der Waals surface area contributed by atoms with Crippen LogP contribution in [0.25, 0.3) is 27.8 Å². The molecule has 5 nitrogen and oxygen atoms in total. The molecule has 4 aromatic rings. The molecular formula is C15H11N5. The van der Waals surface area contributed by atoms with E-state index in [2.05, 4.69) is 21.2 Å². The zero-order chi connectivity index (χ0) is 13.5. The molecule has 0 fully saturated rings. The van der Waals surface area contributed by atoms with Crippen LogP contribution >= 0.6 is 0 Å². The van der Waals surface area contributed by atoms with Crippen LogP contribution in [0.1, 0.15) is 0 Å². The molecule has 96 valence electrons. The fourth-order valence-corrected chi connectivity index (χ4v) is 2.39. The third kappa shape index (κ3) is 1.53. The van der Waals surface area contributed by atoms with Crippen LogP contribution in [0, 0.1) is 0 Å². The molecule has 0 amide bonds. The lowest BCUT2D eigenvalue weighted by atomic mass is 10.0. The van der Waals surface area contributed by atoms with E-state index in [1.807, 2.05) is 40.9 Å². The normalized spacial score (nSPS) is 11.2. The summed E-state index contributed by atoms with van der Waals surface area (Å²) in [7, 11) is 0. The first-order chi connectivity index (χ1) is 9.83. The van der Waals surface area contributed by atoms with Crippen molar-refractivity contribution in [2.75, 3.05) is 5.73 Å². The molecule has 0 aliphatic carbocycles. The molecule has 2 heterocycles. The van der Waals surface area contributed by atoms with Gasteiger partial charge in [-0.05, 0) is 22.9 Å². The highest BCUT2D eigenvalue weighted by molar-refractivity contribution is 5.92. The lowest BCUT2D eigenvalue weighted by Gasteiger charge is -2.06. The van der Waals surface area contributed by atoms with Crippen LogP contribution in [0.3, 0.4) is 0 Å². The Morgan fingerprint density at radius 3 is 2.65 bits per heavy atom. The zero-order valence-electron chi connectivity index (χ0n) is 10.6. The van der Waals surface area contributed by atoms with Gasteiger partial charge in [0.25, 0.3) is 0 Å². The molecular weight excluding hydrogens is 250 g/mol. The van der Waals surface area contributed by atoms with E-state index in [1.54, 1.807) is 12.4 Å². The highest BCUT2D eigenvalue weighted by atomic mass is 15.2. The van der Waals surface area contributed by atoms with Crippen LogP contribution < -0.4 is 5.73 Å². The van der Waals surface area contributed by atoms with Gasteiger partial charge in [0.05, 0.1) is 6.20 Å². The topological polar surface area (TPSA) is 69.1 Å². The van der Waals surface area contributed by atoms with Crippen molar-refractivity contribution in [3.8, 4) is 11.4 Å². The summed E-state index contributed by atoms with van der Waals surface area (Å²) in [4.78, 5) is 4.04. The third-order valence-corrected chi connectivity index (χ3v) is 3.37. The van der Waals surface area contributed by atoms with Crippen molar-refractivity contribution in [2.45, 2.75) is 0 Å². The summed E-state index contributed by atoms with van der Waals surface area (Å²) in [6, 6.07) is 12.1. The van der Waals surface area contributed by atoms with E-state index in [4.69, 9.17) is 5.73 Å². The van der Waals surface area contributed by atoms with Gasteiger partial charge in [-0.25, -0.2) is 0 Å². The number of hydrogen-bond donors (Lipinski definition) is 1. The lowest BCUT2D eigenvalue weighted by molar-refractivity contribution is 1.11. The highest BCUT2D eigenvalue weighted by Gasteiger charge is 2.11. The molecule has 0 atom stereocenters. The van der Waals surface area contributed by atoms with Crippen LogP contribution in [0.15, 0.2) is 55.0 Å². The number of nitrogen functional groups attached to an aromatic ring is 1. The molecule has 2 aromatic carbocycles. The summed E-state index contributed by atoms with van der Waals surface area (Å²) >= 11 is 0. The number of rotatable bonds is 1. The predicted molar refractivity (Wildman–Crippen MR) is 78.1 cm³/mol. The van der Waals surface area contributed by atoms with Crippen molar-refractivity contribution in [2.24, 2.45) is 0 Å². The van der Waals surface area contributed by atoms with Gasteiger partial charge in [0, 0.05) is 23.6 Å². The first kappa shape index (κ1) is 10.9. The van der Waals surface area contributed by atoms with E-state index in [0.29, 0.717) is 11.3 Å². The van der Waals surface area contributed by atoms with Gasteiger partial charge >= 0.3 is 0 Å². The molecule has 0 saturated heterocycles. The SMILES string of the molecule is Nc1cc2ccccc2cc1-c1nnc2cnccn12. The minimum absolute atomic E-state index is 0.690. The molecule has 5 heteroatoms. The van der Waals surface area contributed by atoms with Crippen LogP contribution in [0.2, 0.25) is 0 Å². The Labute approximate surface area is 114 Å². The summed E-state index contributed by atoms with van der Waals surface area (Å²) in [5.74, 6) is 0.727. The number of fused-ring (bicyclic) bond motifs is 2. The van der Waals surface area contributed by atoms with Crippen LogP contribution in [0.5, 0.6) is 0 Å². The van der Waals surface area contributed by atoms with Gasteiger partial charge in [-0.1, -0.05) is 24.3 Å². The van der Waals surface area contributed by atoms with Gasteiger partial charge in [-0.15, -0.1) is 10.2 Å². The molecule has 0 saturated carbocycles. The van der Waals surface area contributed by atoms with Crippen LogP contribution in [-0.4, -0.2) is 19.6 Å². The Bertz CT molecular complexity index is 926. The smallest absolute Gasteiger partial charge is 0.179 e. The molecule has 0 unspecified atom stereocenters. The number of hydrogen-bond acceptors (Lipinski definition) is 4. The molecule has 0 aliphatic heterocycles. The molecule has 0 radical (unpaired) electrons. The number of benzene rings is 2. The summed E-state index contributed by atoms with van der Waals surface area (Å²) < 4.78 is 1.88. The monoisotopic (exact) mass is 261 g/mol. The molecule has 0 bridgehead atoms. The quantitative estimate of drug-likeness (QED) is 0.534. The first-order valence-electron chi connectivity index (χ1n) is 6.26. The predicted octanol–water partition coefficient (Wildman–Crippen LogP) is 2.53. The summed E-state index contributed by atoms with van der Waals surface area (Å²) in [6.45, 7) is 0. The highest BCUT2D eigenvalue weighted by Crippen LogP contribution is 2.29. The maximum atomic E-state index is 6.17. The van der Waals surface area contributed by atoms with Gasteiger partial charge in [-0.3, -0.25) is 9.38 Å². The lowest BCUT2D eigenvalue weighted by Crippen LogP contribution is -1.95. The first-order valence-corrected chi connectivity index (χ1v) is 6.26. The van der Waals surface area contributed by atoms with Crippen molar-refractivity contribution in [1.82, 2.24) is 19.6 Å². The van der Waals surface area contributed by atoms with E-state index >= 15 is 0 Å². The van der Waals surface area contributed by atoms with E-state index in [-0.39, 0.29) is 0 Å². The average molecular weight is 261 g/mol. The Morgan fingerprint density at radius 2 is 1.80 bits per heavy atom. The van der Waals surface area contributed by atoms with Crippen molar-refractivity contribution in [3.63, 3.8) is 0 Å². The van der Waals surface area contributed by atoms with E-state index in [1.165, 1.54) is 0 Å². The zero-order valence-corrected chi connectivity index (χ0v) is 10.6. The van der Waals surface area contributed by atoms with E-state index in [0.717, 1.165) is 22.2 Å². The average Bonchev–Trinajstić information content (AvgIpc) is 2.90. The third-order valence-electron chi connectivity index (χ3n) is 3.37. The number of nitrogens with two attached hydrogens (primary N) is 1. The summed E-state index contributed by atoms with van der Waals surface area (Å²) in [5.41, 5.74) is 8.44. The molecule has 2 N–H and O–H groups in total. The maximum Gasteiger partial charge on any atom is 0.179 e. The molecule has 20 heavy (non-hydrogen) atoms. The minimum atomic E-state index is 0.690. The fourth-order valence-electron chi connectivity index (χ4n) is 2.39. The standard InChI is InChI=1S/C15H11N5/c16-13-8-11-4-2-1-3-10(11)7-12(13)15-19-18-14-9-17-5-6-20(14)15/h1-9H,16H2. The van der Waals surface area contributed by atoms with E-state index in [9.17, 15) is 0 Å². The summed E-state index contributed by atoms with van der Waals surface area (Å²) in [5, 5.41) is 10.6. The number of anilines is 1. The van der Waals surface area contributed by atoms with Gasteiger partial charge in [0.1, 0.15) is 0 Å². The van der Waals surface area contributed by atoms with Crippen LogP contribution in [-0.2, 0) is 0 Å². The van der Waals surface area contributed by atoms with Crippen molar-refractivity contribution < 1.29 is 0 Å². The minimum Gasteiger partial charge on any atom is -0.398 e. The maximum absolute atomic E-state index is 6.17. The van der Waals surface area contributed by atoms with Gasteiger partial charge in [0.2, 0.25) is 0 Å². The molecule has 0 aliphatic rings. The molecule has 0 spiro atoms. The van der Waals surface area contributed by atoms with E-state index < -0.39 is 0 Å². The van der Waals surface area contributed by atoms with Crippen molar-refractivity contribution in [3.05, 3.63) is 55.0 Å². The van der Waals surface area contributed by atoms with Crippen molar-refractivity contribution >= 4 is 22.1 Å². The Hall–Kier alpha value is -2.95. The van der Waals surface area contributed by atoms with Crippen molar-refractivity contribution in [1.29, 1.82) is 0 Å². The molecule has 2 aromatic heterocycles. The van der Waals surface area contributed by atoms with Crippen LogP contribution in [0.4, 0.5) is 5.69 Å². The number of nitrogens with zero attached hydrogens (tertiary/aromatic N) is 4. The summed E-state index contributed by atoms with van der Waals surface area (Å²) in [6.07, 6.45) is 5.21. The fraction of sp³-hybridized carbons (Fsp3) is 0. The number of aromatic nitrogens is 4. The second kappa shape index (κ2) is 4.03. The second-order valence-corrected chi connectivity index (χ2v) is 4.61. The van der Waals surface area contributed by atoms with Gasteiger partial charge < -0.3 is 5.73 Å². The Balaban J connectivity index is 2.04. The molecule has 4 rings (SSSR count). The Morgan fingerprint density at radius 1 is 1.00 bits per heavy atom. The van der Waals surface area contributed by atoms with Gasteiger partial charge in [-0.2, -0.15) is 0 Å². The second-order valence-electron chi connectivity index (χ2n) is 4.61. The van der Waals surface area contributed by atoms with Gasteiger partial charge in [0.15, 0.2) is 11.5 Å². The largest absolute Gasteiger partial charge is 0.398 e.